The minimum absolute atomic E-state index is 0.168. The molecule has 0 fully saturated rings. The normalized spacial score (nSPS) is 11.8. The summed E-state index contributed by atoms with van der Waals surface area (Å²) in [5.74, 6) is -1.56. The van der Waals surface area contributed by atoms with Crippen molar-refractivity contribution in [3.05, 3.63) is 75.1 Å². The van der Waals surface area contributed by atoms with Gasteiger partial charge in [-0.3, -0.25) is 9.59 Å². The zero-order valence-electron chi connectivity index (χ0n) is 15.2. The van der Waals surface area contributed by atoms with Crippen LogP contribution in [0.5, 0.6) is 5.75 Å². The van der Waals surface area contributed by atoms with Crippen molar-refractivity contribution in [3.63, 3.8) is 0 Å². The zero-order chi connectivity index (χ0) is 20.3. The van der Waals surface area contributed by atoms with Crippen LogP contribution in [0.25, 0.3) is 11.0 Å². The third kappa shape index (κ3) is 3.92. The molecule has 0 unspecified atom stereocenters. The van der Waals surface area contributed by atoms with E-state index in [1.54, 1.807) is 30.3 Å². The predicted octanol–water partition coefficient (Wildman–Crippen LogP) is 3.98. The molecular formula is C21H17ClO6. The number of halogens is 1. The maximum atomic E-state index is 12.7. The average molecular weight is 401 g/mol. The molecule has 1 heterocycles. The van der Waals surface area contributed by atoms with Gasteiger partial charge in [0.25, 0.3) is 0 Å². The molecule has 7 heteroatoms. The van der Waals surface area contributed by atoms with Gasteiger partial charge in [0.1, 0.15) is 11.3 Å². The lowest BCUT2D eigenvalue weighted by atomic mass is 9.89. The van der Waals surface area contributed by atoms with Gasteiger partial charge in [0.05, 0.1) is 25.2 Å². The fourth-order valence-electron chi connectivity index (χ4n) is 3.02. The van der Waals surface area contributed by atoms with Gasteiger partial charge in [0, 0.05) is 29.5 Å². The van der Waals surface area contributed by atoms with E-state index in [1.807, 2.05) is 0 Å². The Hall–Kier alpha value is -3.12. The molecular weight excluding hydrogens is 384 g/mol. The minimum atomic E-state index is -0.992. The van der Waals surface area contributed by atoms with Crippen LogP contribution in [0.4, 0.5) is 0 Å². The van der Waals surface area contributed by atoms with Crippen molar-refractivity contribution in [1.82, 2.24) is 0 Å². The Balaban J connectivity index is 2.13. The van der Waals surface area contributed by atoms with Crippen LogP contribution < -0.4 is 10.4 Å². The fourth-order valence-corrected chi connectivity index (χ4v) is 3.26. The van der Waals surface area contributed by atoms with E-state index in [9.17, 15) is 14.4 Å². The third-order valence-corrected chi connectivity index (χ3v) is 4.69. The highest BCUT2D eigenvalue weighted by molar-refractivity contribution is 6.32. The van der Waals surface area contributed by atoms with Gasteiger partial charge in [0.2, 0.25) is 0 Å². The number of hydrogen-bond donors (Lipinski definition) is 0. The van der Waals surface area contributed by atoms with Crippen LogP contribution in [0.3, 0.4) is 0 Å². The number of rotatable bonds is 6. The molecule has 2 aromatic carbocycles. The quantitative estimate of drug-likeness (QED) is 0.353. The van der Waals surface area contributed by atoms with Crippen molar-refractivity contribution in [2.75, 3.05) is 14.2 Å². The summed E-state index contributed by atoms with van der Waals surface area (Å²) in [6.07, 6.45) is -0.168. The van der Waals surface area contributed by atoms with E-state index in [0.29, 0.717) is 22.3 Å². The van der Waals surface area contributed by atoms with Gasteiger partial charge in [0.15, 0.2) is 5.78 Å². The first kappa shape index (κ1) is 19.6. The SMILES string of the molecule is COC(=O)[C@@H](CC(=O)c1ccccc1)c1cc(=O)oc2cc(OC)c(Cl)cc12. The van der Waals surface area contributed by atoms with E-state index in [0.717, 1.165) is 0 Å². The summed E-state index contributed by atoms with van der Waals surface area (Å²) in [6, 6.07) is 12.8. The molecule has 0 aliphatic rings. The van der Waals surface area contributed by atoms with Crippen molar-refractivity contribution in [2.45, 2.75) is 12.3 Å². The Morgan fingerprint density at radius 2 is 1.82 bits per heavy atom. The molecule has 1 aromatic heterocycles. The van der Waals surface area contributed by atoms with Gasteiger partial charge in [-0.2, -0.15) is 0 Å². The lowest BCUT2D eigenvalue weighted by Crippen LogP contribution is -2.20. The molecule has 144 valence electrons. The van der Waals surface area contributed by atoms with E-state index in [4.69, 9.17) is 25.5 Å². The number of hydrogen-bond acceptors (Lipinski definition) is 6. The first-order valence-electron chi connectivity index (χ1n) is 8.42. The number of fused-ring (bicyclic) bond motifs is 1. The number of benzene rings is 2. The number of carbonyl (C=O) groups excluding carboxylic acids is 2. The highest BCUT2D eigenvalue weighted by Gasteiger charge is 2.28. The number of carbonyl (C=O) groups is 2. The minimum Gasteiger partial charge on any atom is -0.495 e. The van der Waals surface area contributed by atoms with Crippen molar-refractivity contribution >= 4 is 34.3 Å². The highest BCUT2D eigenvalue weighted by Crippen LogP contribution is 2.35. The van der Waals surface area contributed by atoms with Crippen molar-refractivity contribution in [2.24, 2.45) is 0 Å². The van der Waals surface area contributed by atoms with Crippen LogP contribution in [0.15, 0.2) is 57.7 Å². The van der Waals surface area contributed by atoms with Gasteiger partial charge in [-0.05, 0) is 11.6 Å². The van der Waals surface area contributed by atoms with E-state index in [1.165, 1.54) is 32.4 Å². The van der Waals surface area contributed by atoms with Crippen LogP contribution in [-0.2, 0) is 9.53 Å². The van der Waals surface area contributed by atoms with Crippen molar-refractivity contribution in [3.8, 4) is 5.75 Å². The molecule has 0 saturated heterocycles. The highest BCUT2D eigenvalue weighted by atomic mass is 35.5. The zero-order valence-corrected chi connectivity index (χ0v) is 16.0. The molecule has 3 aromatic rings. The van der Waals surface area contributed by atoms with Crippen LogP contribution in [0.1, 0.15) is 28.3 Å². The summed E-state index contributed by atoms with van der Waals surface area (Å²) in [5, 5.41) is 0.713. The van der Waals surface area contributed by atoms with Crippen LogP contribution in [-0.4, -0.2) is 26.0 Å². The summed E-state index contributed by atoms with van der Waals surface area (Å²) < 4.78 is 15.3. The van der Waals surface area contributed by atoms with Gasteiger partial charge in [-0.15, -0.1) is 0 Å². The second kappa shape index (κ2) is 8.27. The van der Waals surface area contributed by atoms with E-state index >= 15 is 0 Å². The first-order valence-corrected chi connectivity index (χ1v) is 8.79. The Bertz CT molecular complexity index is 1090. The number of esters is 1. The van der Waals surface area contributed by atoms with Crippen LogP contribution in [0, 0.1) is 0 Å². The maximum absolute atomic E-state index is 12.7. The summed E-state index contributed by atoms with van der Waals surface area (Å²) in [7, 11) is 2.66. The molecule has 0 radical (unpaired) electrons. The van der Waals surface area contributed by atoms with Gasteiger partial charge >= 0.3 is 11.6 Å². The molecule has 0 aliphatic carbocycles. The Morgan fingerprint density at radius 1 is 1.11 bits per heavy atom. The third-order valence-electron chi connectivity index (χ3n) is 4.40. The first-order chi connectivity index (χ1) is 13.4. The predicted molar refractivity (Wildman–Crippen MR) is 104 cm³/mol. The number of methoxy groups -OCH3 is 2. The standard InChI is InChI=1S/C21H17ClO6/c1-26-19-11-18-14(8-16(19)22)13(10-20(24)28-18)15(21(25)27-2)9-17(23)12-6-4-3-5-7-12/h3-8,10-11,15H,9H2,1-2H3/t15-/m0/s1. The van der Waals surface area contributed by atoms with Crippen molar-refractivity contribution in [1.29, 1.82) is 0 Å². The molecule has 28 heavy (non-hydrogen) atoms. The van der Waals surface area contributed by atoms with Crippen LogP contribution in [0.2, 0.25) is 5.02 Å². The molecule has 1 atom stereocenters. The number of Topliss-reactive ketones (excluding diaryl/α,β-unsaturated/α-hetero) is 1. The summed E-state index contributed by atoms with van der Waals surface area (Å²) in [4.78, 5) is 37.2. The second-order valence-electron chi connectivity index (χ2n) is 6.07. The molecule has 0 spiro atoms. The largest absolute Gasteiger partial charge is 0.495 e. The molecule has 3 rings (SSSR count). The topological polar surface area (TPSA) is 82.8 Å². The van der Waals surface area contributed by atoms with E-state index in [2.05, 4.69) is 0 Å². The number of ketones is 1. The molecule has 0 bridgehead atoms. The van der Waals surface area contributed by atoms with Crippen LogP contribution >= 0.6 is 11.6 Å². The summed E-state index contributed by atoms with van der Waals surface area (Å²) >= 11 is 6.21. The Morgan fingerprint density at radius 3 is 2.46 bits per heavy atom. The molecule has 0 aliphatic heterocycles. The lowest BCUT2D eigenvalue weighted by Gasteiger charge is -2.16. The Kier molecular flexibility index (Phi) is 5.80. The summed E-state index contributed by atoms with van der Waals surface area (Å²) in [6.45, 7) is 0. The molecule has 6 nitrogen and oxygen atoms in total. The monoisotopic (exact) mass is 400 g/mol. The average Bonchev–Trinajstić information content (AvgIpc) is 2.71. The second-order valence-corrected chi connectivity index (χ2v) is 6.48. The fraction of sp³-hybridized carbons (Fsp3) is 0.190. The van der Waals surface area contributed by atoms with Gasteiger partial charge in [-0.1, -0.05) is 41.9 Å². The Labute approximate surface area is 165 Å². The summed E-state index contributed by atoms with van der Waals surface area (Å²) in [5.41, 5.74) is 0.313. The molecule has 0 saturated carbocycles. The molecule has 0 amide bonds. The van der Waals surface area contributed by atoms with E-state index < -0.39 is 17.5 Å². The maximum Gasteiger partial charge on any atom is 0.336 e. The van der Waals surface area contributed by atoms with Gasteiger partial charge in [-0.25, -0.2) is 4.79 Å². The smallest absolute Gasteiger partial charge is 0.336 e. The lowest BCUT2D eigenvalue weighted by molar-refractivity contribution is -0.142. The van der Waals surface area contributed by atoms with Crippen molar-refractivity contribution < 1.29 is 23.5 Å². The van der Waals surface area contributed by atoms with Gasteiger partial charge < -0.3 is 13.9 Å². The number of ether oxygens (including phenoxy) is 2. The molecule has 0 N–H and O–H groups in total. The van der Waals surface area contributed by atoms with E-state index in [-0.39, 0.29) is 22.8 Å².